The topological polar surface area (TPSA) is 59.5 Å². The molecule has 1 fully saturated rings. The first-order chi connectivity index (χ1) is 15.0. The number of benzene rings is 2. The fraction of sp³-hybridized carbons (Fsp3) is 0.348. The summed E-state index contributed by atoms with van der Waals surface area (Å²) in [6, 6.07) is 14.6. The van der Waals surface area contributed by atoms with Crippen LogP contribution in [0.5, 0.6) is 5.75 Å². The van der Waals surface area contributed by atoms with E-state index in [1.807, 2.05) is 19.1 Å². The van der Waals surface area contributed by atoms with Crippen LogP contribution in [-0.2, 0) is 16.3 Å². The number of thiazole rings is 1. The van der Waals surface area contributed by atoms with Crippen molar-refractivity contribution in [3.8, 4) is 5.75 Å². The summed E-state index contributed by atoms with van der Waals surface area (Å²) >= 11 is 7.51. The van der Waals surface area contributed by atoms with Gasteiger partial charge in [-0.1, -0.05) is 23.7 Å². The molecule has 1 aromatic heterocycles. The van der Waals surface area contributed by atoms with Crippen LogP contribution in [0, 0.1) is 0 Å². The van der Waals surface area contributed by atoms with Gasteiger partial charge in [0, 0.05) is 29.9 Å². The Bertz CT molecular complexity index is 1100. The number of piperidine rings is 1. The summed E-state index contributed by atoms with van der Waals surface area (Å²) in [5, 5.41) is 3.22. The Morgan fingerprint density at radius 3 is 2.42 bits per heavy atom. The van der Waals surface area contributed by atoms with Gasteiger partial charge >= 0.3 is 0 Å². The first kappa shape index (κ1) is 22.1. The highest BCUT2D eigenvalue weighted by Crippen LogP contribution is 2.30. The zero-order valence-corrected chi connectivity index (χ0v) is 19.7. The van der Waals surface area contributed by atoms with Crippen LogP contribution in [0.3, 0.4) is 0 Å². The molecule has 0 saturated carbocycles. The molecule has 3 aromatic rings. The first-order valence-electron chi connectivity index (χ1n) is 10.4. The molecule has 1 aliphatic heterocycles. The summed E-state index contributed by atoms with van der Waals surface area (Å²) in [5.41, 5.74) is 2.22. The summed E-state index contributed by atoms with van der Waals surface area (Å²) < 4.78 is 31.4. The molecule has 4 rings (SSSR count). The predicted octanol–water partition coefficient (Wildman–Crippen LogP) is 5.23. The van der Waals surface area contributed by atoms with Crippen molar-refractivity contribution in [2.45, 2.75) is 36.3 Å². The Hall–Kier alpha value is -2.09. The minimum atomic E-state index is -3.34. The van der Waals surface area contributed by atoms with Gasteiger partial charge in [0.05, 0.1) is 22.4 Å². The third-order valence-electron chi connectivity index (χ3n) is 5.45. The number of anilines is 1. The molecule has 1 saturated heterocycles. The van der Waals surface area contributed by atoms with Crippen LogP contribution in [0.25, 0.3) is 0 Å². The van der Waals surface area contributed by atoms with Gasteiger partial charge in [0.25, 0.3) is 0 Å². The fourth-order valence-corrected chi connectivity index (χ4v) is 6.51. The largest absolute Gasteiger partial charge is 0.494 e. The van der Waals surface area contributed by atoms with Crippen molar-refractivity contribution in [1.82, 2.24) is 4.98 Å². The normalized spacial score (nSPS) is 15.2. The van der Waals surface area contributed by atoms with Gasteiger partial charge < -0.3 is 9.64 Å². The average Bonchev–Trinajstić information content (AvgIpc) is 3.24. The van der Waals surface area contributed by atoms with Gasteiger partial charge in [0.2, 0.25) is 0 Å². The van der Waals surface area contributed by atoms with Crippen LogP contribution >= 0.6 is 22.9 Å². The molecule has 0 bridgehead atoms. The van der Waals surface area contributed by atoms with E-state index in [0.717, 1.165) is 23.0 Å². The van der Waals surface area contributed by atoms with Gasteiger partial charge in [-0.25, -0.2) is 13.4 Å². The second kappa shape index (κ2) is 9.59. The smallest absolute Gasteiger partial charge is 0.185 e. The minimum absolute atomic E-state index is 0.349. The van der Waals surface area contributed by atoms with Crippen LogP contribution < -0.4 is 9.64 Å². The molecule has 31 heavy (non-hydrogen) atoms. The lowest BCUT2D eigenvalue weighted by Gasteiger charge is -2.31. The molecule has 0 atom stereocenters. The Balaban J connectivity index is 1.36. The van der Waals surface area contributed by atoms with E-state index in [-0.39, 0.29) is 5.25 Å². The Kier molecular flexibility index (Phi) is 6.84. The van der Waals surface area contributed by atoms with E-state index in [1.165, 1.54) is 5.56 Å². The van der Waals surface area contributed by atoms with E-state index >= 15 is 0 Å². The van der Waals surface area contributed by atoms with Gasteiger partial charge in [-0.05, 0) is 61.7 Å². The lowest BCUT2D eigenvalue weighted by molar-refractivity contribution is 0.340. The summed E-state index contributed by atoms with van der Waals surface area (Å²) in [6.07, 6.45) is 1.96. The number of ether oxygens (including phenoxy) is 1. The highest BCUT2D eigenvalue weighted by Gasteiger charge is 2.32. The highest BCUT2D eigenvalue weighted by atomic mass is 35.5. The molecule has 2 aromatic carbocycles. The maximum Gasteiger partial charge on any atom is 0.185 e. The Morgan fingerprint density at radius 1 is 1.10 bits per heavy atom. The lowest BCUT2D eigenvalue weighted by Crippen LogP contribution is -2.39. The van der Waals surface area contributed by atoms with Gasteiger partial charge in [-0.2, -0.15) is 0 Å². The van der Waals surface area contributed by atoms with Crippen LogP contribution in [-0.4, -0.2) is 38.3 Å². The molecule has 0 aliphatic carbocycles. The number of sulfone groups is 1. The van der Waals surface area contributed by atoms with Crippen molar-refractivity contribution in [2.24, 2.45) is 0 Å². The first-order valence-corrected chi connectivity index (χ1v) is 13.2. The molecule has 164 valence electrons. The summed E-state index contributed by atoms with van der Waals surface area (Å²) in [5.74, 6) is 0.877. The van der Waals surface area contributed by atoms with Crippen molar-refractivity contribution in [3.63, 3.8) is 0 Å². The summed E-state index contributed by atoms with van der Waals surface area (Å²) in [7, 11) is -3.34. The second-order valence-electron chi connectivity index (χ2n) is 7.56. The lowest BCUT2D eigenvalue weighted by atomic mass is 10.1. The zero-order chi connectivity index (χ0) is 21.8. The number of aromatic nitrogens is 1. The molecule has 5 nitrogen and oxygen atoms in total. The van der Waals surface area contributed by atoms with Gasteiger partial charge in [-0.15, -0.1) is 11.3 Å². The van der Waals surface area contributed by atoms with E-state index < -0.39 is 9.84 Å². The quantitative estimate of drug-likeness (QED) is 0.467. The van der Waals surface area contributed by atoms with Gasteiger partial charge in [0.1, 0.15) is 5.75 Å². The molecule has 0 amide bonds. The number of hydrogen-bond donors (Lipinski definition) is 0. The Labute approximate surface area is 192 Å². The van der Waals surface area contributed by atoms with Crippen LogP contribution in [0.15, 0.2) is 58.8 Å². The minimum Gasteiger partial charge on any atom is -0.494 e. The molecule has 0 radical (unpaired) electrons. The fourth-order valence-electron chi connectivity index (χ4n) is 3.78. The van der Waals surface area contributed by atoms with Crippen LogP contribution in [0.1, 0.15) is 31.0 Å². The monoisotopic (exact) mass is 476 g/mol. The highest BCUT2D eigenvalue weighted by molar-refractivity contribution is 7.92. The van der Waals surface area contributed by atoms with E-state index in [2.05, 4.69) is 22.4 Å². The van der Waals surface area contributed by atoms with Crippen molar-refractivity contribution >= 4 is 37.9 Å². The number of nitrogens with zero attached hydrogens (tertiary/aromatic N) is 2. The van der Waals surface area contributed by atoms with Crippen molar-refractivity contribution in [1.29, 1.82) is 0 Å². The molecule has 1 aliphatic rings. The number of rotatable bonds is 7. The maximum absolute atomic E-state index is 12.9. The van der Waals surface area contributed by atoms with E-state index in [4.69, 9.17) is 21.3 Å². The third-order valence-corrected chi connectivity index (χ3v) is 8.93. The SMILES string of the molecule is CCOc1ccc(Cc2csc(N3CCC(S(=O)(=O)c4ccc(Cl)cc4)CC3)n2)cc1. The molecule has 0 spiro atoms. The third kappa shape index (κ3) is 5.22. The van der Waals surface area contributed by atoms with E-state index in [9.17, 15) is 8.42 Å². The van der Waals surface area contributed by atoms with Crippen molar-refractivity contribution in [2.75, 3.05) is 24.6 Å². The maximum atomic E-state index is 12.9. The standard InChI is InChI=1S/C23H25ClN2O3S2/c1-2-29-20-7-3-17(4-8-20)15-19-16-30-23(25-19)26-13-11-22(12-14-26)31(27,28)21-9-5-18(24)6-10-21/h3-10,16,22H,2,11-15H2,1H3. The molecule has 2 heterocycles. The summed E-state index contributed by atoms with van der Waals surface area (Å²) in [4.78, 5) is 7.34. The molecule has 0 N–H and O–H groups in total. The molecular formula is C23H25ClN2O3S2. The van der Waals surface area contributed by atoms with Crippen LogP contribution in [0.2, 0.25) is 5.02 Å². The van der Waals surface area contributed by atoms with Crippen LogP contribution in [0.4, 0.5) is 5.13 Å². The predicted molar refractivity (Wildman–Crippen MR) is 126 cm³/mol. The van der Waals surface area contributed by atoms with Crippen molar-refractivity contribution in [3.05, 3.63) is 70.2 Å². The average molecular weight is 477 g/mol. The van der Waals surface area contributed by atoms with Gasteiger partial charge in [0.15, 0.2) is 15.0 Å². The second-order valence-corrected chi connectivity index (χ2v) is 11.1. The van der Waals surface area contributed by atoms with Gasteiger partial charge in [-0.3, -0.25) is 0 Å². The number of hydrogen-bond acceptors (Lipinski definition) is 6. The van der Waals surface area contributed by atoms with E-state index in [0.29, 0.717) is 42.5 Å². The zero-order valence-electron chi connectivity index (χ0n) is 17.3. The molecule has 8 heteroatoms. The molecule has 0 unspecified atom stereocenters. The van der Waals surface area contributed by atoms with Crippen molar-refractivity contribution < 1.29 is 13.2 Å². The summed E-state index contributed by atoms with van der Waals surface area (Å²) in [6.45, 7) is 4.01. The number of halogens is 1. The Morgan fingerprint density at radius 2 is 1.77 bits per heavy atom. The van der Waals surface area contributed by atoms with E-state index in [1.54, 1.807) is 35.6 Å². The molecular weight excluding hydrogens is 452 g/mol.